The van der Waals surface area contributed by atoms with Crippen LogP contribution in [0.25, 0.3) is 0 Å². The summed E-state index contributed by atoms with van der Waals surface area (Å²) in [7, 11) is 0. The summed E-state index contributed by atoms with van der Waals surface area (Å²) in [5.41, 5.74) is 2.87. The molecule has 1 saturated heterocycles. The van der Waals surface area contributed by atoms with E-state index in [0.29, 0.717) is 5.56 Å². The van der Waals surface area contributed by atoms with Crippen molar-refractivity contribution in [2.45, 2.75) is 19.0 Å². The van der Waals surface area contributed by atoms with Crippen LogP contribution in [0.1, 0.15) is 33.9 Å². The highest BCUT2D eigenvalue weighted by molar-refractivity contribution is 5.94. The molecule has 32 heavy (non-hydrogen) atoms. The van der Waals surface area contributed by atoms with Crippen LogP contribution in [0.2, 0.25) is 0 Å². The molecule has 0 spiro atoms. The van der Waals surface area contributed by atoms with E-state index in [9.17, 15) is 9.59 Å². The van der Waals surface area contributed by atoms with Crippen LogP contribution in [-0.4, -0.2) is 42.9 Å². The lowest BCUT2D eigenvalue weighted by Crippen LogP contribution is -3.13. The molecule has 0 aromatic heterocycles. The molecule has 1 atom stereocenters. The van der Waals surface area contributed by atoms with Crippen LogP contribution in [0.5, 0.6) is 0 Å². The lowest BCUT2D eigenvalue weighted by atomic mass is 10.0. The topological polar surface area (TPSA) is 53.9 Å². The summed E-state index contributed by atoms with van der Waals surface area (Å²) in [5.74, 6) is -0.0737. The Hall–Kier alpha value is -3.44. The minimum absolute atomic E-state index is 0.0889. The molecule has 3 aromatic carbocycles. The summed E-state index contributed by atoms with van der Waals surface area (Å²) in [5, 5.41) is 3.07. The molecule has 5 nitrogen and oxygen atoms in total. The van der Waals surface area contributed by atoms with Gasteiger partial charge in [-0.3, -0.25) is 9.59 Å². The van der Waals surface area contributed by atoms with Gasteiger partial charge in [0.15, 0.2) is 0 Å². The first-order valence-electron chi connectivity index (χ1n) is 11.2. The number of rotatable bonds is 7. The Balaban J connectivity index is 1.37. The fourth-order valence-corrected chi connectivity index (χ4v) is 4.21. The Bertz CT molecular complexity index is 1000. The number of hydrogen-bond donors (Lipinski definition) is 2. The van der Waals surface area contributed by atoms with Gasteiger partial charge in [-0.1, -0.05) is 78.9 Å². The van der Waals surface area contributed by atoms with Crippen LogP contribution >= 0.6 is 0 Å². The van der Waals surface area contributed by atoms with Crippen LogP contribution in [-0.2, 0) is 11.3 Å². The van der Waals surface area contributed by atoms with E-state index in [1.54, 1.807) is 12.1 Å². The number of nitrogens with one attached hydrogen (secondary N) is 2. The predicted molar refractivity (Wildman–Crippen MR) is 125 cm³/mol. The van der Waals surface area contributed by atoms with Crippen molar-refractivity contribution in [2.24, 2.45) is 0 Å². The molecule has 3 aromatic rings. The van der Waals surface area contributed by atoms with Gasteiger partial charge in [0, 0.05) is 11.1 Å². The molecule has 0 bridgehead atoms. The van der Waals surface area contributed by atoms with Crippen molar-refractivity contribution >= 4 is 11.8 Å². The van der Waals surface area contributed by atoms with Crippen molar-refractivity contribution in [3.05, 3.63) is 108 Å². The van der Waals surface area contributed by atoms with E-state index in [2.05, 4.69) is 29.6 Å². The molecule has 0 aliphatic carbocycles. The zero-order valence-corrected chi connectivity index (χ0v) is 18.2. The smallest absolute Gasteiger partial charge is 0.251 e. The number of carbonyl (C=O) groups is 2. The largest absolute Gasteiger partial charge is 0.345 e. The molecule has 4 rings (SSSR count). The van der Waals surface area contributed by atoms with Crippen LogP contribution in [0.4, 0.5) is 0 Å². The Morgan fingerprint density at radius 3 is 2.00 bits per heavy atom. The van der Waals surface area contributed by atoms with Gasteiger partial charge in [0.1, 0.15) is 6.54 Å². The molecule has 1 fully saturated rings. The van der Waals surface area contributed by atoms with Crippen LogP contribution < -0.4 is 10.2 Å². The Labute approximate surface area is 189 Å². The fraction of sp³-hybridized carbons (Fsp3) is 0.259. The molecule has 0 unspecified atom stereocenters. The summed E-state index contributed by atoms with van der Waals surface area (Å²) in [6, 6.07) is 29.0. The van der Waals surface area contributed by atoms with Crippen molar-refractivity contribution in [1.29, 1.82) is 0 Å². The summed E-state index contributed by atoms with van der Waals surface area (Å²) in [6.07, 6.45) is 0.261. The van der Waals surface area contributed by atoms with Crippen LogP contribution in [0, 0.1) is 0 Å². The number of amides is 2. The monoisotopic (exact) mass is 428 g/mol. The summed E-state index contributed by atoms with van der Waals surface area (Å²) in [6.45, 7) is 4.35. The first kappa shape index (κ1) is 21.8. The van der Waals surface area contributed by atoms with E-state index in [1.165, 1.54) is 10.5 Å². The summed E-state index contributed by atoms with van der Waals surface area (Å²) in [4.78, 5) is 29.3. The van der Waals surface area contributed by atoms with Crippen molar-refractivity contribution in [1.82, 2.24) is 10.2 Å². The third-order valence-electron chi connectivity index (χ3n) is 6.04. The zero-order valence-electron chi connectivity index (χ0n) is 18.2. The Kier molecular flexibility index (Phi) is 7.31. The van der Waals surface area contributed by atoms with Crippen molar-refractivity contribution in [3.63, 3.8) is 0 Å². The average Bonchev–Trinajstić information content (AvgIpc) is 2.85. The molecule has 2 N–H and O–H groups in total. The Morgan fingerprint density at radius 2 is 1.38 bits per heavy atom. The van der Waals surface area contributed by atoms with Crippen LogP contribution in [0.3, 0.4) is 0 Å². The second-order valence-corrected chi connectivity index (χ2v) is 8.30. The maximum Gasteiger partial charge on any atom is 0.251 e. The predicted octanol–water partition coefficient (Wildman–Crippen LogP) is 2.48. The highest BCUT2D eigenvalue weighted by Crippen LogP contribution is 2.19. The van der Waals surface area contributed by atoms with Gasteiger partial charge in [0.2, 0.25) is 5.91 Å². The van der Waals surface area contributed by atoms with E-state index in [0.717, 1.165) is 38.3 Å². The van der Waals surface area contributed by atoms with Gasteiger partial charge in [-0.15, -0.1) is 0 Å². The number of hydrogen-bond acceptors (Lipinski definition) is 2. The molecule has 5 heteroatoms. The van der Waals surface area contributed by atoms with Gasteiger partial charge < -0.3 is 15.1 Å². The van der Waals surface area contributed by atoms with E-state index in [1.807, 2.05) is 59.5 Å². The van der Waals surface area contributed by atoms with E-state index in [4.69, 9.17) is 0 Å². The summed E-state index contributed by atoms with van der Waals surface area (Å²) < 4.78 is 0. The SMILES string of the molecule is O=C(N[C@@H](CC(=O)N1CC[NH+](Cc2ccccc2)CC1)c1ccccc1)c1ccccc1. The lowest BCUT2D eigenvalue weighted by molar-refractivity contribution is -0.917. The lowest BCUT2D eigenvalue weighted by Gasteiger charge is -2.33. The quantitative estimate of drug-likeness (QED) is 0.608. The molecule has 0 saturated carbocycles. The van der Waals surface area contributed by atoms with Crippen LogP contribution in [0.15, 0.2) is 91.0 Å². The number of piperazine rings is 1. The molecule has 1 aliphatic heterocycles. The first-order valence-corrected chi connectivity index (χ1v) is 11.2. The number of quaternary nitrogens is 1. The minimum atomic E-state index is -0.355. The van der Waals surface area contributed by atoms with E-state index in [-0.39, 0.29) is 24.3 Å². The second kappa shape index (κ2) is 10.7. The molecule has 2 amide bonds. The van der Waals surface area contributed by atoms with Crippen molar-refractivity contribution in [2.75, 3.05) is 26.2 Å². The van der Waals surface area contributed by atoms with E-state index < -0.39 is 0 Å². The maximum atomic E-state index is 13.1. The molecular formula is C27H30N3O2+. The van der Waals surface area contributed by atoms with E-state index >= 15 is 0 Å². The highest BCUT2D eigenvalue weighted by atomic mass is 16.2. The minimum Gasteiger partial charge on any atom is -0.345 e. The zero-order chi connectivity index (χ0) is 22.2. The van der Waals surface area contributed by atoms with Gasteiger partial charge in [0.25, 0.3) is 5.91 Å². The maximum absolute atomic E-state index is 13.1. The van der Waals surface area contributed by atoms with Gasteiger partial charge in [-0.25, -0.2) is 0 Å². The summed E-state index contributed by atoms with van der Waals surface area (Å²) >= 11 is 0. The second-order valence-electron chi connectivity index (χ2n) is 8.30. The van der Waals surface area contributed by atoms with Gasteiger partial charge >= 0.3 is 0 Å². The number of carbonyl (C=O) groups excluding carboxylic acids is 2. The number of benzene rings is 3. The van der Waals surface area contributed by atoms with Gasteiger partial charge in [-0.05, 0) is 17.7 Å². The molecule has 164 valence electrons. The number of nitrogens with zero attached hydrogens (tertiary/aromatic N) is 1. The standard InChI is InChI=1S/C27H29N3O2/c31-26(30-18-16-29(17-19-30)21-22-10-4-1-5-11-22)20-25(23-12-6-2-7-13-23)28-27(32)24-14-8-3-9-15-24/h1-15,25H,16-21H2,(H,28,32)/p+1/t25-/m0/s1. The first-order chi connectivity index (χ1) is 15.7. The normalized spacial score (nSPS) is 15.2. The molecule has 1 heterocycles. The third-order valence-corrected chi connectivity index (χ3v) is 6.04. The third kappa shape index (κ3) is 5.83. The molecule has 0 radical (unpaired) electrons. The average molecular weight is 429 g/mol. The van der Waals surface area contributed by atoms with Crippen molar-refractivity contribution in [3.8, 4) is 0 Å². The Morgan fingerprint density at radius 1 is 0.812 bits per heavy atom. The molecular weight excluding hydrogens is 398 g/mol. The highest BCUT2D eigenvalue weighted by Gasteiger charge is 2.27. The van der Waals surface area contributed by atoms with Crippen molar-refractivity contribution < 1.29 is 14.5 Å². The fourth-order valence-electron chi connectivity index (χ4n) is 4.21. The van der Waals surface area contributed by atoms with Gasteiger partial charge in [0.05, 0.1) is 38.6 Å². The van der Waals surface area contributed by atoms with Gasteiger partial charge in [-0.2, -0.15) is 0 Å². The molecule has 1 aliphatic rings.